The molecule has 0 aliphatic carbocycles. The lowest BCUT2D eigenvalue weighted by Crippen LogP contribution is -2.19. The molecule has 8 nitrogen and oxygen atoms in total. The Bertz CT molecular complexity index is 1270. The summed E-state index contributed by atoms with van der Waals surface area (Å²) in [4.78, 5) is 23.7. The van der Waals surface area contributed by atoms with E-state index in [1.807, 2.05) is 0 Å². The van der Waals surface area contributed by atoms with Crippen molar-refractivity contribution < 1.29 is 22.7 Å². The molecule has 0 aliphatic rings. The molecule has 0 atom stereocenters. The summed E-state index contributed by atoms with van der Waals surface area (Å²) in [6.07, 6.45) is 1.39. The molecule has 3 rings (SSSR count). The van der Waals surface area contributed by atoms with Crippen LogP contribution in [0.25, 0.3) is 0 Å². The van der Waals surface area contributed by atoms with Crippen molar-refractivity contribution in [1.29, 1.82) is 0 Å². The average Bonchev–Trinajstić information content (AvgIpc) is 2.80. The highest BCUT2D eigenvalue weighted by Gasteiger charge is 2.17. The quantitative estimate of drug-likeness (QED) is 0.310. The Hall–Kier alpha value is -3.69. The Balaban J connectivity index is 1.69. The average molecular weight is 472 g/mol. The molecule has 0 aliphatic heterocycles. The molecule has 32 heavy (non-hydrogen) atoms. The number of amides is 1. The topological polar surface area (TPSA) is 114 Å². The van der Waals surface area contributed by atoms with E-state index in [0.717, 1.165) is 0 Å². The second-order valence-electron chi connectivity index (χ2n) is 6.43. The summed E-state index contributed by atoms with van der Waals surface area (Å²) in [7, 11) is -2.67. The molecule has 1 amide bonds. The lowest BCUT2D eigenvalue weighted by atomic mass is 10.1. The van der Waals surface area contributed by atoms with Gasteiger partial charge in [-0.3, -0.25) is 9.52 Å². The van der Waals surface area contributed by atoms with Crippen LogP contribution in [0.4, 0.5) is 5.69 Å². The van der Waals surface area contributed by atoms with E-state index in [2.05, 4.69) is 20.0 Å². The first-order chi connectivity index (χ1) is 15.3. The number of hydrazone groups is 1. The Morgan fingerprint density at radius 1 is 0.969 bits per heavy atom. The van der Waals surface area contributed by atoms with Crippen molar-refractivity contribution in [3.05, 3.63) is 94.5 Å². The maximum atomic E-state index is 12.7. The molecule has 0 unspecified atom stereocenters. The van der Waals surface area contributed by atoms with Crippen molar-refractivity contribution in [2.45, 2.75) is 4.90 Å². The lowest BCUT2D eigenvalue weighted by molar-refractivity contribution is 0.0600. The second-order valence-corrected chi connectivity index (χ2v) is 8.52. The highest BCUT2D eigenvalue weighted by Crippen LogP contribution is 2.24. The molecule has 0 radical (unpaired) electrons. The predicted octanol–water partition coefficient (Wildman–Crippen LogP) is 3.69. The number of hydrogen-bond donors (Lipinski definition) is 2. The molecule has 0 fully saturated rings. The van der Waals surface area contributed by atoms with Crippen molar-refractivity contribution in [1.82, 2.24) is 5.43 Å². The number of halogens is 1. The number of carbonyl (C=O) groups is 2. The monoisotopic (exact) mass is 471 g/mol. The van der Waals surface area contributed by atoms with Gasteiger partial charge in [0, 0.05) is 5.56 Å². The summed E-state index contributed by atoms with van der Waals surface area (Å²) in [6.45, 7) is 0. The van der Waals surface area contributed by atoms with Crippen LogP contribution in [0.15, 0.2) is 82.8 Å². The number of para-hydroxylation sites is 1. The number of methoxy groups -OCH3 is 1. The van der Waals surface area contributed by atoms with Crippen LogP contribution in [0.1, 0.15) is 26.3 Å². The standard InChI is InChI=1S/C22H18ClN3O5S/c1-31-22(28)16-11-9-15(10-12-16)14-24-25-21(27)17-5-4-6-18(13-17)32(29,30)26-20-8-3-2-7-19(20)23/h2-14,26H,1H3,(H,25,27)/b24-14+. The fraction of sp³-hybridized carbons (Fsp3) is 0.0455. The van der Waals surface area contributed by atoms with E-state index < -0.39 is 21.9 Å². The van der Waals surface area contributed by atoms with Crippen LogP contribution < -0.4 is 10.1 Å². The Morgan fingerprint density at radius 2 is 1.69 bits per heavy atom. The minimum atomic E-state index is -3.96. The summed E-state index contributed by atoms with van der Waals surface area (Å²) in [5.41, 5.74) is 3.69. The highest BCUT2D eigenvalue weighted by molar-refractivity contribution is 7.92. The van der Waals surface area contributed by atoms with Crippen molar-refractivity contribution in [3.8, 4) is 0 Å². The first-order valence-corrected chi connectivity index (χ1v) is 11.1. The van der Waals surface area contributed by atoms with Crippen LogP contribution in [-0.4, -0.2) is 33.6 Å². The van der Waals surface area contributed by atoms with Gasteiger partial charge in [-0.25, -0.2) is 18.6 Å². The fourth-order valence-corrected chi connectivity index (χ4v) is 3.97. The molecular formula is C22H18ClN3O5S. The number of hydrogen-bond acceptors (Lipinski definition) is 6. The molecule has 3 aromatic carbocycles. The summed E-state index contributed by atoms with van der Waals surface area (Å²) >= 11 is 6.01. The molecule has 0 bridgehead atoms. The summed E-state index contributed by atoms with van der Waals surface area (Å²) in [5.74, 6) is -1.05. The molecule has 164 valence electrons. The zero-order chi connectivity index (χ0) is 23.1. The number of carbonyl (C=O) groups excluding carboxylic acids is 2. The number of benzene rings is 3. The second kappa shape index (κ2) is 10.1. The van der Waals surface area contributed by atoms with Crippen LogP contribution in [0, 0.1) is 0 Å². The molecule has 0 heterocycles. The van der Waals surface area contributed by atoms with Gasteiger partial charge in [-0.05, 0) is 48.0 Å². The first kappa shape index (κ1) is 23.0. The summed E-state index contributed by atoms with van der Waals surface area (Å²) in [6, 6.07) is 18.3. The number of rotatable bonds is 7. The van der Waals surface area contributed by atoms with Crippen LogP contribution in [-0.2, 0) is 14.8 Å². The Labute approximate surface area is 189 Å². The molecule has 3 aromatic rings. The van der Waals surface area contributed by atoms with Gasteiger partial charge in [0.15, 0.2) is 0 Å². The van der Waals surface area contributed by atoms with Crippen LogP contribution in [0.2, 0.25) is 5.02 Å². The third kappa shape index (κ3) is 5.71. The van der Waals surface area contributed by atoms with Gasteiger partial charge in [0.25, 0.3) is 15.9 Å². The van der Waals surface area contributed by atoms with E-state index in [9.17, 15) is 18.0 Å². The Kier molecular flexibility index (Phi) is 7.24. The number of anilines is 1. The third-order valence-electron chi connectivity index (χ3n) is 4.24. The molecule has 2 N–H and O–H groups in total. The number of esters is 1. The van der Waals surface area contributed by atoms with Crippen molar-refractivity contribution in [2.24, 2.45) is 5.10 Å². The molecular weight excluding hydrogens is 454 g/mol. The van der Waals surface area contributed by atoms with Gasteiger partial charge in [-0.15, -0.1) is 0 Å². The van der Waals surface area contributed by atoms with Crippen molar-refractivity contribution in [3.63, 3.8) is 0 Å². The molecule has 0 saturated heterocycles. The predicted molar refractivity (Wildman–Crippen MR) is 122 cm³/mol. The maximum absolute atomic E-state index is 12.7. The zero-order valence-electron chi connectivity index (χ0n) is 16.8. The van der Waals surface area contributed by atoms with Gasteiger partial charge in [-0.2, -0.15) is 5.10 Å². The minimum absolute atomic E-state index is 0.102. The molecule has 10 heteroatoms. The number of sulfonamides is 1. The molecule has 0 aromatic heterocycles. The van der Waals surface area contributed by atoms with Gasteiger partial charge in [0.2, 0.25) is 0 Å². The van der Waals surface area contributed by atoms with E-state index in [4.69, 9.17) is 11.6 Å². The van der Waals surface area contributed by atoms with E-state index in [0.29, 0.717) is 11.1 Å². The van der Waals surface area contributed by atoms with Gasteiger partial charge in [-0.1, -0.05) is 41.9 Å². The molecule has 0 saturated carbocycles. The lowest BCUT2D eigenvalue weighted by Gasteiger charge is -2.10. The van der Waals surface area contributed by atoms with Gasteiger partial charge >= 0.3 is 5.97 Å². The third-order valence-corrected chi connectivity index (χ3v) is 5.93. The minimum Gasteiger partial charge on any atom is -0.465 e. The summed E-state index contributed by atoms with van der Waals surface area (Å²) < 4.78 is 32.3. The van der Waals surface area contributed by atoms with E-state index in [-0.39, 0.29) is 21.2 Å². The summed E-state index contributed by atoms with van der Waals surface area (Å²) in [5, 5.41) is 4.11. The number of nitrogens with one attached hydrogen (secondary N) is 2. The van der Waals surface area contributed by atoms with E-state index in [1.165, 1.54) is 43.7 Å². The SMILES string of the molecule is COC(=O)c1ccc(/C=N/NC(=O)c2cccc(S(=O)(=O)Nc3ccccc3Cl)c2)cc1. The van der Waals surface area contributed by atoms with Crippen molar-refractivity contribution >= 4 is 45.4 Å². The smallest absolute Gasteiger partial charge is 0.337 e. The largest absolute Gasteiger partial charge is 0.465 e. The maximum Gasteiger partial charge on any atom is 0.337 e. The van der Waals surface area contributed by atoms with Gasteiger partial charge < -0.3 is 4.74 Å². The van der Waals surface area contributed by atoms with Crippen LogP contribution >= 0.6 is 11.6 Å². The fourth-order valence-electron chi connectivity index (χ4n) is 2.61. The zero-order valence-corrected chi connectivity index (χ0v) is 18.4. The van der Waals surface area contributed by atoms with Gasteiger partial charge in [0.05, 0.1) is 34.5 Å². The highest BCUT2D eigenvalue weighted by atomic mass is 35.5. The van der Waals surface area contributed by atoms with Gasteiger partial charge in [0.1, 0.15) is 0 Å². The van der Waals surface area contributed by atoms with Crippen LogP contribution in [0.3, 0.4) is 0 Å². The first-order valence-electron chi connectivity index (χ1n) is 9.19. The van der Waals surface area contributed by atoms with E-state index in [1.54, 1.807) is 42.5 Å². The number of ether oxygens (including phenoxy) is 1. The molecule has 0 spiro atoms. The van der Waals surface area contributed by atoms with Crippen LogP contribution in [0.5, 0.6) is 0 Å². The van der Waals surface area contributed by atoms with E-state index >= 15 is 0 Å². The normalized spacial score (nSPS) is 11.2. The van der Waals surface area contributed by atoms with Crippen molar-refractivity contribution in [2.75, 3.05) is 11.8 Å². The number of nitrogens with zero attached hydrogens (tertiary/aromatic N) is 1. The Morgan fingerprint density at radius 3 is 2.38 bits per heavy atom.